The van der Waals surface area contributed by atoms with Crippen molar-refractivity contribution in [1.29, 1.82) is 0 Å². The van der Waals surface area contributed by atoms with E-state index in [1.165, 1.54) is 16.9 Å². The van der Waals surface area contributed by atoms with E-state index in [4.69, 9.17) is 4.74 Å². The fraction of sp³-hybridized carbons (Fsp3) is 0.429. The Morgan fingerprint density at radius 2 is 1.81 bits per heavy atom. The molecule has 1 aliphatic heterocycles. The molecule has 5 nitrogen and oxygen atoms in total. The molecule has 0 radical (unpaired) electrons. The van der Waals surface area contributed by atoms with Gasteiger partial charge in [-0.1, -0.05) is 32.0 Å². The van der Waals surface area contributed by atoms with Gasteiger partial charge in [-0.15, -0.1) is 11.3 Å². The maximum absolute atomic E-state index is 12.5. The highest BCUT2D eigenvalue weighted by Crippen LogP contribution is 2.24. The summed E-state index contributed by atoms with van der Waals surface area (Å²) in [6, 6.07) is 9.87. The largest absolute Gasteiger partial charge is 0.483 e. The molecule has 6 heteroatoms. The minimum atomic E-state index is -0.0347. The van der Waals surface area contributed by atoms with Crippen LogP contribution in [0.15, 0.2) is 35.7 Å². The van der Waals surface area contributed by atoms with Crippen LogP contribution < -0.4 is 4.74 Å². The highest BCUT2D eigenvalue weighted by molar-refractivity contribution is 7.12. The van der Waals surface area contributed by atoms with Gasteiger partial charge < -0.3 is 14.5 Å². The van der Waals surface area contributed by atoms with Crippen molar-refractivity contribution in [2.24, 2.45) is 0 Å². The monoisotopic (exact) mass is 386 g/mol. The van der Waals surface area contributed by atoms with Gasteiger partial charge in [-0.25, -0.2) is 0 Å². The van der Waals surface area contributed by atoms with Crippen LogP contribution >= 0.6 is 11.3 Å². The van der Waals surface area contributed by atoms with E-state index in [2.05, 4.69) is 19.9 Å². The van der Waals surface area contributed by atoms with E-state index in [0.717, 1.165) is 16.2 Å². The van der Waals surface area contributed by atoms with Crippen molar-refractivity contribution in [1.82, 2.24) is 9.80 Å². The smallest absolute Gasteiger partial charge is 0.264 e. The summed E-state index contributed by atoms with van der Waals surface area (Å²) in [5, 5.41) is 1.90. The molecule has 2 amide bonds. The van der Waals surface area contributed by atoms with E-state index >= 15 is 0 Å². The van der Waals surface area contributed by atoms with Gasteiger partial charge in [0.1, 0.15) is 5.75 Å². The third-order valence-corrected chi connectivity index (χ3v) is 5.74. The number of carbonyl (C=O) groups is 2. The van der Waals surface area contributed by atoms with Gasteiger partial charge in [0.15, 0.2) is 6.61 Å². The Bertz CT molecular complexity index is 794. The van der Waals surface area contributed by atoms with Crippen LogP contribution in [-0.4, -0.2) is 54.4 Å². The first-order valence-corrected chi connectivity index (χ1v) is 10.2. The number of hydrogen-bond acceptors (Lipinski definition) is 4. The first kappa shape index (κ1) is 19.4. The third kappa shape index (κ3) is 4.69. The fourth-order valence-corrected chi connectivity index (χ4v) is 3.77. The molecule has 2 aromatic rings. The lowest BCUT2D eigenvalue weighted by Gasteiger charge is -2.34. The molecule has 2 heterocycles. The predicted octanol–water partition coefficient (Wildman–Crippen LogP) is 3.54. The molecule has 0 aliphatic carbocycles. The Labute approximate surface area is 164 Å². The lowest BCUT2D eigenvalue weighted by atomic mass is 10.0. The van der Waals surface area contributed by atoms with Gasteiger partial charge in [0.2, 0.25) is 0 Å². The van der Waals surface area contributed by atoms with E-state index in [1.807, 2.05) is 41.5 Å². The van der Waals surface area contributed by atoms with E-state index in [9.17, 15) is 9.59 Å². The van der Waals surface area contributed by atoms with Gasteiger partial charge in [-0.05, 0) is 41.5 Å². The van der Waals surface area contributed by atoms with Crippen LogP contribution in [0.2, 0.25) is 0 Å². The number of ether oxygens (including phenoxy) is 1. The highest BCUT2D eigenvalue weighted by atomic mass is 32.1. The van der Waals surface area contributed by atoms with Crippen molar-refractivity contribution in [3.05, 3.63) is 51.7 Å². The molecular weight excluding hydrogens is 360 g/mol. The summed E-state index contributed by atoms with van der Waals surface area (Å²) in [4.78, 5) is 29.2. The summed E-state index contributed by atoms with van der Waals surface area (Å²) in [5.41, 5.74) is 2.22. The molecule has 1 saturated heterocycles. The van der Waals surface area contributed by atoms with Gasteiger partial charge in [0.05, 0.1) is 4.88 Å². The van der Waals surface area contributed by atoms with Crippen LogP contribution in [0, 0.1) is 6.92 Å². The number of benzene rings is 1. The fourth-order valence-electron chi connectivity index (χ4n) is 3.08. The van der Waals surface area contributed by atoms with Crippen LogP contribution in [-0.2, 0) is 4.79 Å². The molecular formula is C21H26N2O3S. The SMILES string of the molecule is Cc1ccc(C(C)C)cc1OCC(=O)N1CCN(C(=O)c2cccs2)CC1. The zero-order chi connectivity index (χ0) is 19.4. The van der Waals surface area contributed by atoms with Gasteiger partial charge in [0, 0.05) is 26.2 Å². The van der Waals surface area contributed by atoms with Gasteiger partial charge in [-0.3, -0.25) is 9.59 Å². The van der Waals surface area contributed by atoms with Crippen molar-refractivity contribution >= 4 is 23.2 Å². The zero-order valence-electron chi connectivity index (χ0n) is 16.1. The van der Waals surface area contributed by atoms with E-state index in [0.29, 0.717) is 32.1 Å². The van der Waals surface area contributed by atoms with Gasteiger partial charge in [0.25, 0.3) is 11.8 Å². The average Bonchev–Trinajstić information content (AvgIpc) is 3.21. The second-order valence-electron chi connectivity index (χ2n) is 7.12. The lowest BCUT2D eigenvalue weighted by molar-refractivity contribution is -0.134. The summed E-state index contributed by atoms with van der Waals surface area (Å²) in [5.74, 6) is 1.20. The average molecular weight is 387 g/mol. The van der Waals surface area contributed by atoms with E-state index < -0.39 is 0 Å². The predicted molar refractivity (Wildman–Crippen MR) is 108 cm³/mol. The van der Waals surface area contributed by atoms with Crippen molar-refractivity contribution in [2.75, 3.05) is 32.8 Å². The van der Waals surface area contributed by atoms with Crippen molar-refractivity contribution < 1.29 is 14.3 Å². The summed E-state index contributed by atoms with van der Waals surface area (Å²) >= 11 is 1.45. The molecule has 0 spiro atoms. The van der Waals surface area contributed by atoms with Gasteiger partial charge in [-0.2, -0.15) is 0 Å². The minimum absolute atomic E-state index is 0.0290. The van der Waals surface area contributed by atoms with Crippen molar-refractivity contribution in [3.8, 4) is 5.75 Å². The third-order valence-electron chi connectivity index (χ3n) is 4.88. The van der Waals surface area contributed by atoms with Crippen molar-refractivity contribution in [2.45, 2.75) is 26.7 Å². The number of amides is 2. The normalized spacial score (nSPS) is 14.5. The molecule has 1 aliphatic rings. The van der Waals surface area contributed by atoms with E-state index in [-0.39, 0.29) is 18.4 Å². The molecule has 27 heavy (non-hydrogen) atoms. The standard InChI is InChI=1S/C21H26N2O3S/c1-15(2)17-7-6-16(3)18(13-17)26-14-20(24)22-8-10-23(11-9-22)21(25)19-5-4-12-27-19/h4-7,12-13,15H,8-11,14H2,1-3H3. The van der Waals surface area contributed by atoms with Crippen LogP contribution in [0.25, 0.3) is 0 Å². The minimum Gasteiger partial charge on any atom is -0.483 e. The van der Waals surface area contributed by atoms with Gasteiger partial charge >= 0.3 is 0 Å². The Morgan fingerprint density at radius 3 is 2.44 bits per heavy atom. The first-order chi connectivity index (χ1) is 13.0. The molecule has 0 bridgehead atoms. The molecule has 1 aromatic heterocycles. The van der Waals surface area contributed by atoms with Crippen LogP contribution in [0.3, 0.4) is 0 Å². The number of aryl methyl sites for hydroxylation is 1. The zero-order valence-corrected chi connectivity index (χ0v) is 16.9. The Morgan fingerprint density at radius 1 is 1.11 bits per heavy atom. The number of thiophene rings is 1. The lowest BCUT2D eigenvalue weighted by Crippen LogP contribution is -2.51. The molecule has 0 atom stereocenters. The number of hydrogen-bond donors (Lipinski definition) is 0. The topological polar surface area (TPSA) is 49.9 Å². The molecule has 3 rings (SSSR count). The Balaban J connectivity index is 1.51. The maximum Gasteiger partial charge on any atom is 0.264 e. The maximum atomic E-state index is 12.5. The Hall–Kier alpha value is -2.34. The molecule has 1 fully saturated rings. The number of carbonyl (C=O) groups excluding carboxylic acids is 2. The summed E-state index contributed by atoms with van der Waals surface area (Å²) < 4.78 is 5.81. The summed E-state index contributed by atoms with van der Waals surface area (Å²) in [7, 11) is 0. The second-order valence-corrected chi connectivity index (χ2v) is 8.07. The van der Waals surface area contributed by atoms with Crippen molar-refractivity contribution in [3.63, 3.8) is 0 Å². The number of rotatable bonds is 5. The second kappa shape index (κ2) is 8.57. The number of nitrogens with zero attached hydrogens (tertiary/aromatic N) is 2. The summed E-state index contributed by atoms with van der Waals surface area (Å²) in [6.45, 7) is 8.50. The first-order valence-electron chi connectivity index (χ1n) is 9.29. The Kier molecular flexibility index (Phi) is 6.16. The molecule has 0 N–H and O–H groups in total. The quantitative estimate of drug-likeness (QED) is 0.790. The van der Waals surface area contributed by atoms with Crippen LogP contribution in [0.4, 0.5) is 0 Å². The van der Waals surface area contributed by atoms with E-state index in [1.54, 1.807) is 4.90 Å². The van der Waals surface area contributed by atoms with Crippen LogP contribution in [0.1, 0.15) is 40.6 Å². The molecule has 0 saturated carbocycles. The number of piperazine rings is 1. The molecule has 1 aromatic carbocycles. The summed E-state index contributed by atoms with van der Waals surface area (Å²) in [6.07, 6.45) is 0. The highest BCUT2D eigenvalue weighted by Gasteiger charge is 2.25. The molecule has 144 valence electrons. The van der Waals surface area contributed by atoms with Crippen LogP contribution in [0.5, 0.6) is 5.75 Å². The molecule has 0 unspecified atom stereocenters.